The average Bonchev–Trinajstić information content (AvgIpc) is 2.43. The minimum Gasteiger partial charge on any atom is -0.334 e. The van der Waals surface area contributed by atoms with Crippen LogP contribution in [0.15, 0.2) is 53.0 Å². The first kappa shape index (κ1) is 14.8. The van der Waals surface area contributed by atoms with Crippen molar-refractivity contribution in [3.63, 3.8) is 0 Å². The smallest absolute Gasteiger partial charge is 0.220 e. The van der Waals surface area contributed by atoms with Gasteiger partial charge in [-0.3, -0.25) is 4.79 Å². The molecule has 0 fully saturated rings. The molecule has 20 heavy (non-hydrogen) atoms. The Morgan fingerprint density at radius 3 is 2.45 bits per heavy atom. The number of hydrogen-bond donors (Lipinski definition) is 0. The third kappa shape index (κ3) is 3.94. The molecule has 1 amide bonds. The Balaban J connectivity index is 2.18. The zero-order valence-corrected chi connectivity index (χ0v) is 13.4. The fourth-order valence-corrected chi connectivity index (χ4v) is 2.48. The highest BCUT2D eigenvalue weighted by Gasteiger charge is 2.12. The molecule has 2 rings (SSSR count). The molecular formula is C17H18BrNO. The first-order chi connectivity index (χ1) is 9.56. The summed E-state index contributed by atoms with van der Waals surface area (Å²) in [5, 5.41) is 0. The topological polar surface area (TPSA) is 20.3 Å². The van der Waals surface area contributed by atoms with Crippen LogP contribution in [0.5, 0.6) is 0 Å². The number of rotatable bonds is 4. The van der Waals surface area contributed by atoms with Crippen LogP contribution in [-0.2, 0) is 17.9 Å². The third-order valence-corrected chi connectivity index (χ3v) is 4.00. The summed E-state index contributed by atoms with van der Waals surface area (Å²) in [5.41, 5.74) is 3.48. The first-order valence-corrected chi connectivity index (χ1v) is 7.40. The number of benzene rings is 2. The molecule has 0 heterocycles. The van der Waals surface area contributed by atoms with Crippen LogP contribution in [0.4, 0.5) is 0 Å². The lowest BCUT2D eigenvalue weighted by Gasteiger charge is -2.22. The summed E-state index contributed by atoms with van der Waals surface area (Å²) in [6.45, 7) is 4.93. The summed E-state index contributed by atoms with van der Waals surface area (Å²) in [6, 6.07) is 16.3. The molecule has 0 aliphatic carbocycles. The molecule has 0 spiro atoms. The molecule has 0 aliphatic rings. The Bertz CT molecular complexity index is 595. The molecule has 104 valence electrons. The van der Waals surface area contributed by atoms with Crippen molar-refractivity contribution >= 4 is 21.8 Å². The lowest BCUT2D eigenvalue weighted by molar-refractivity contribution is -0.130. The van der Waals surface area contributed by atoms with E-state index in [-0.39, 0.29) is 5.91 Å². The van der Waals surface area contributed by atoms with Gasteiger partial charge in [-0.2, -0.15) is 0 Å². The predicted octanol–water partition coefficient (Wildman–Crippen LogP) is 4.31. The Kier molecular flexibility index (Phi) is 4.96. The molecule has 0 aromatic heterocycles. The second kappa shape index (κ2) is 6.71. The fraction of sp³-hybridized carbons (Fsp3) is 0.235. The monoisotopic (exact) mass is 331 g/mol. The van der Waals surface area contributed by atoms with E-state index in [1.165, 1.54) is 5.56 Å². The second-order valence-corrected chi connectivity index (χ2v) is 5.81. The number of aryl methyl sites for hydroxylation is 1. The number of hydrogen-bond acceptors (Lipinski definition) is 1. The molecule has 2 aromatic carbocycles. The summed E-state index contributed by atoms with van der Waals surface area (Å²) >= 11 is 3.56. The van der Waals surface area contributed by atoms with Crippen molar-refractivity contribution in [1.82, 2.24) is 4.90 Å². The van der Waals surface area contributed by atoms with Crippen molar-refractivity contribution in [2.24, 2.45) is 0 Å². The Hall–Kier alpha value is -1.61. The number of halogens is 1. The van der Waals surface area contributed by atoms with E-state index in [0.29, 0.717) is 13.1 Å². The SMILES string of the molecule is CC(=O)N(Cc1ccccc1)Cc1cc(C)ccc1Br. The van der Waals surface area contributed by atoms with Gasteiger partial charge in [0.1, 0.15) is 0 Å². The van der Waals surface area contributed by atoms with E-state index in [9.17, 15) is 4.79 Å². The Labute approximate surface area is 128 Å². The van der Waals surface area contributed by atoms with Crippen LogP contribution in [0.3, 0.4) is 0 Å². The summed E-state index contributed by atoms with van der Waals surface area (Å²) in [5.74, 6) is 0.0854. The highest BCUT2D eigenvalue weighted by Crippen LogP contribution is 2.21. The van der Waals surface area contributed by atoms with Gasteiger partial charge >= 0.3 is 0 Å². The maximum Gasteiger partial charge on any atom is 0.220 e. The van der Waals surface area contributed by atoms with Gasteiger partial charge in [0.15, 0.2) is 0 Å². The van der Waals surface area contributed by atoms with Gasteiger partial charge in [0.05, 0.1) is 0 Å². The van der Waals surface area contributed by atoms with Gasteiger partial charge in [-0.25, -0.2) is 0 Å². The molecule has 0 radical (unpaired) electrons. The van der Waals surface area contributed by atoms with Crippen LogP contribution in [0.1, 0.15) is 23.6 Å². The summed E-state index contributed by atoms with van der Waals surface area (Å²) in [7, 11) is 0. The van der Waals surface area contributed by atoms with Gasteiger partial charge in [0.25, 0.3) is 0 Å². The number of nitrogens with zero attached hydrogens (tertiary/aromatic N) is 1. The summed E-state index contributed by atoms with van der Waals surface area (Å²) in [6.07, 6.45) is 0. The average molecular weight is 332 g/mol. The molecule has 2 aromatic rings. The minimum absolute atomic E-state index is 0.0854. The number of amides is 1. The summed E-state index contributed by atoms with van der Waals surface area (Å²) < 4.78 is 1.04. The lowest BCUT2D eigenvalue weighted by Crippen LogP contribution is -2.27. The van der Waals surface area contributed by atoms with Gasteiger partial charge < -0.3 is 4.90 Å². The van der Waals surface area contributed by atoms with Crippen molar-refractivity contribution < 1.29 is 4.79 Å². The Morgan fingerprint density at radius 1 is 1.10 bits per heavy atom. The van der Waals surface area contributed by atoms with E-state index in [2.05, 4.69) is 35.0 Å². The molecule has 0 N–H and O–H groups in total. The highest BCUT2D eigenvalue weighted by molar-refractivity contribution is 9.10. The van der Waals surface area contributed by atoms with Crippen LogP contribution in [0, 0.1) is 6.92 Å². The second-order valence-electron chi connectivity index (χ2n) is 4.96. The van der Waals surface area contributed by atoms with E-state index in [4.69, 9.17) is 0 Å². The maximum absolute atomic E-state index is 11.9. The fourth-order valence-electron chi connectivity index (χ4n) is 2.11. The predicted molar refractivity (Wildman–Crippen MR) is 85.2 cm³/mol. The molecular weight excluding hydrogens is 314 g/mol. The van der Waals surface area contributed by atoms with Crippen LogP contribution < -0.4 is 0 Å². The molecule has 3 heteroatoms. The number of carbonyl (C=O) groups excluding carboxylic acids is 1. The van der Waals surface area contributed by atoms with Crippen molar-refractivity contribution in [1.29, 1.82) is 0 Å². The maximum atomic E-state index is 11.9. The van der Waals surface area contributed by atoms with Crippen molar-refractivity contribution in [2.75, 3.05) is 0 Å². The molecule has 2 nitrogen and oxygen atoms in total. The third-order valence-electron chi connectivity index (χ3n) is 3.22. The van der Waals surface area contributed by atoms with Gasteiger partial charge in [0.2, 0.25) is 5.91 Å². The molecule has 0 unspecified atom stereocenters. The van der Waals surface area contributed by atoms with E-state index in [0.717, 1.165) is 15.6 Å². The van der Waals surface area contributed by atoms with E-state index < -0.39 is 0 Å². The van der Waals surface area contributed by atoms with Crippen molar-refractivity contribution in [3.8, 4) is 0 Å². The van der Waals surface area contributed by atoms with Crippen LogP contribution in [0.25, 0.3) is 0 Å². The quantitative estimate of drug-likeness (QED) is 0.817. The number of carbonyl (C=O) groups is 1. The first-order valence-electron chi connectivity index (χ1n) is 6.60. The van der Waals surface area contributed by atoms with Gasteiger partial charge in [-0.05, 0) is 24.1 Å². The largest absolute Gasteiger partial charge is 0.334 e. The van der Waals surface area contributed by atoms with Crippen molar-refractivity contribution in [3.05, 3.63) is 69.7 Å². The van der Waals surface area contributed by atoms with Gasteiger partial charge in [-0.1, -0.05) is 64.0 Å². The molecule has 0 saturated heterocycles. The molecule has 0 saturated carbocycles. The summed E-state index contributed by atoms with van der Waals surface area (Å²) in [4.78, 5) is 13.7. The van der Waals surface area contributed by atoms with Crippen LogP contribution in [-0.4, -0.2) is 10.8 Å². The highest BCUT2D eigenvalue weighted by atomic mass is 79.9. The van der Waals surface area contributed by atoms with Crippen molar-refractivity contribution in [2.45, 2.75) is 26.9 Å². The van der Waals surface area contributed by atoms with E-state index in [1.807, 2.05) is 41.3 Å². The van der Waals surface area contributed by atoms with Crippen LogP contribution in [0.2, 0.25) is 0 Å². The van der Waals surface area contributed by atoms with Crippen LogP contribution >= 0.6 is 15.9 Å². The normalized spacial score (nSPS) is 10.3. The lowest BCUT2D eigenvalue weighted by atomic mass is 10.1. The van der Waals surface area contributed by atoms with Gasteiger partial charge in [0, 0.05) is 24.5 Å². The zero-order valence-electron chi connectivity index (χ0n) is 11.8. The zero-order chi connectivity index (χ0) is 14.5. The Morgan fingerprint density at radius 2 is 1.80 bits per heavy atom. The molecule has 0 bridgehead atoms. The molecule has 0 atom stereocenters. The molecule has 0 aliphatic heterocycles. The van der Waals surface area contributed by atoms with Gasteiger partial charge in [-0.15, -0.1) is 0 Å². The van der Waals surface area contributed by atoms with E-state index in [1.54, 1.807) is 6.92 Å². The standard InChI is InChI=1S/C17H18BrNO/c1-13-8-9-17(18)16(10-13)12-19(14(2)20)11-15-6-4-3-5-7-15/h3-10H,11-12H2,1-2H3. The minimum atomic E-state index is 0.0854. The van der Waals surface area contributed by atoms with E-state index >= 15 is 0 Å².